The van der Waals surface area contributed by atoms with Gasteiger partial charge in [0.05, 0.1) is 25.8 Å². The van der Waals surface area contributed by atoms with Gasteiger partial charge in [-0.3, -0.25) is 9.59 Å². The van der Waals surface area contributed by atoms with Crippen molar-refractivity contribution in [2.45, 2.75) is 37.8 Å². The minimum Gasteiger partial charge on any atom is -0.507 e. The van der Waals surface area contributed by atoms with Gasteiger partial charge in [-0.25, -0.2) is 0 Å². The molecule has 2 aliphatic rings. The first kappa shape index (κ1) is 20.0. The van der Waals surface area contributed by atoms with Crippen molar-refractivity contribution in [3.05, 3.63) is 65.2 Å². The second-order valence-electron chi connectivity index (χ2n) is 7.65. The molecule has 0 bridgehead atoms. The van der Waals surface area contributed by atoms with E-state index in [1.165, 1.54) is 0 Å². The topological polar surface area (TPSA) is 76.1 Å². The average Bonchev–Trinajstić information content (AvgIpc) is 3.40. The first-order valence-corrected chi connectivity index (χ1v) is 10.1. The fourth-order valence-corrected chi connectivity index (χ4v) is 4.43. The summed E-state index contributed by atoms with van der Waals surface area (Å²) in [5, 5.41) is 11.1. The van der Waals surface area contributed by atoms with Crippen molar-refractivity contribution in [1.82, 2.24) is 4.90 Å². The van der Waals surface area contributed by atoms with Crippen LogP contribution in [-0.4, -0.2) is 42.0 Å². The number of hydrogen-bond donors (Lipinski definition) is 1. The number of amides is 1. The van der Waals surface area contributed by atoms with Crippen molar-refractivity contribution in [2.24, 2.45) is 0 Å². The van der Waals surface area contributed by atoms with Crippen LogP contribution in [0.15, 0.2) is 54.1 Å². The molecular weight excluding hydrogens is 382 g/mol. The summed E-state index contributed by atoms with van der Waals surface area (Å²) in [5.74, 6) is -0.0254. The number of rotatable bonds is 5. The Morgan fingerprint density at radius 2 is 1.43 bits per heavy atom. The number of hydrogen-bond acceptors (Lipinski definition) is 5. The SMILES string of the molecule is COc1ccc(C(O)=C2C(=O)C(=O)N(C3CCCC3)C2c2ccc(OC)cc2)cc1. The lowest BCUT2D eigenvalue weighted by atomic mass is 9.94. The summed E-state index contributed by atoms with van der Waals surface area (Å²) >= 11 is 0. The Bertz CT molecular complexity index is 972. The lowest BCUT2D eigenvalue weighted by Crippen LogP contribution is -2.37. The van der Waals surface area contributed by atoms with Crippen LogP contribution in [0.2, 0.25) is 0 Å². The second-order valence-corrected chi connectivity index (χ2v) is 7.65. The number of aliphatic hydroxyl groups excluding tert-OH is 1. The van der Waals surface area contributed by atoms with Gasteiger partial charge in [-0.1, -0.05) is 25.0 Å². The van der Waals surface area contributed by atoms with Crippen LogP contribution in [0.4, 0.5) is 0 Å². The monoisotopic (exact) mass is 407 g/mol. The van der Waals surface area contributed by atoms with Crippen LogP contribution in [0.25, 0.3) is 5.76 Å². The Morgan fingerprint density at radius 1 is 0.900 bits per heavy atom. The van der Waals surface area contributed by atoms with E-state index in [-0.39, 0.29) is 17.4 Å². The molecule has 1 saturated carbocycles. The number of methoxy groups -OCH3 is 2. The Kier molecular flexibility index (Phi) is 5.48. The van der Waals surface area contributed by atoms with Crippen molar-refractivity contribution in [3.63, 3.8) is 0 Å². The third-order valence-electron chi connectivity index (χ3n) is 5.99. The number of Topliss-reactive ketones (excluding diaryl/α,β-unsaturated/α-hetero) is 1. The van der Waals surface area contributed by atoms with Crippen molar-refractivity contribution in [3.8, 4) is 11.5 Å². The molecule has 0 spiro atoms. The third-order valence-corrected chi connectivity index (χ3v) is 5.99. The number of benzene rings is 2. The Labute approximate surface area is 175 Å². The fourth-order valence-electron chi connectivity index (χ4n) is 4.43. The molecule has 1 aliphatic heterocycles. The Hall–Kier alpha value is -3.28. The van der Waals surface area contributed by atoms with Gasteiger partial charge in [0.15, 0.2) is 0 Å². The standard InChI is InChI=1S/C24H25NO5/c1-29-18-11-7-15(8-12-18)21-20(22(26)16-9-13-19(30-2)14-10-16)23(27)24(28)25(21)17-5-3-4-6-17/h7-14,17,21,26H,3-6H2,1-2H3. The maximum absolute atomic E-state index is 13.1. The molecule has 1 atom stereocenters. The molecule has 1 N–H and O–H groups in total. The van der Waals surface area contributed by atoms with E-state index in [1.807, 2.05) is 12.1 Å². The number of ether oxygens (including phenoxy) is 2. The summed E-state index contributed by atoms with van der Waals surface area (Å²) in [6.07, 6.45) is 3.79. The fraction of sp³-hybridized carbons (Fsp3) is 0.333. The maximum Gasteiger partial charge on any atom is 0.295 e. The van der Waals surface area contributed by atoms with Crippen molar-refractivity contribution in [1.29, 1.82) is 0 Å². The van der Waals surface area contributed by atoms with Gasteiger partial charge in [0.1, 0.15) is 17.3 Å². The van der Waals surface area contributed by atoms with Crippen LogP contribution < -0.4 is 9.47 Å². The summed E-state index contributed by atoms with van der Waals surface area (Å²) in [4.78, 5) is 27.8. The molecule has 4 rings (SSSR count). The number of carbonyl (C=O) groups excluding carboxylic acids is 2. The molecule has 30 heavy (non-hydrogen) atoms. The molecule has 6 nitrogen and oxygen atoms in total. The van der Waals surface area contributed by atoms with E-state index in [9.17, 15) is 14.7 Å². The average molecular weight is 407 g/mol. The lowest BCUT2D eigenvalue weighted by molar-refractivity contribution is -0.141. The van der Waals surface area contributed by atoms with Gasteiger partial charge in [-0.2, -0.15) is 0 Å². The number of likely N-dealkylation sites (tertiary alicyclic amines) is 1. The van der Waals surface area contributed by atoms with E-state index in [2.05, 4.69) is 0 Å². The number of carbonyl (C=O) groups is 2. The molecule has 0 radical (unpaired) electrons. The van der Waals surface area contributed by atoms with E-state index in [0.717, 1.165) is 31.2 Å². The van der Waals surface area contributed by atoms with Crippen molar-refractivity contribution >= 4 is 17.4 Å². The van der Waals surface area contributed by atoms with E-state index in [4.69, 9.17) is 9.47 Å². The van der Waals surface area contributed by atoms with Gasteiger partial charge < -0.3 is 19.5 Å². The maximum atomic E-state index is 13.1. The molecule has 6 heteroatoms. The highest BCUT2D eigenvalue weighted by atomic mass is 16.5. The van der Waals surface area contributed by atoms with E-state index < -0.39 is 17.7 Å². The minimum absolute atomic E-state index is 0.00489. The smallest absolute Gasteiger partial charge is 0.295 e. The highest BCUT2D eigenvalue weighted by Crippen LogP contribution is 2.43. The summed E-state index contributed by atoms with van der Waals surface area (Å²) in [6.45, 7) is 0. The largest absolute Gasteiger partial charge is 0.507 e. The molecular formula is C24H25NO5. The van der Waals surface area contributed by atoms with Crippen LogP contribution >= 0.6 is 0 Å². The normalized spacial score (nSPS) is 21.3. The van der Waals surface area contributed by atoms with Crippen molar-refractivity contribution in [2.75, 3.05) is 14.2 Å². The number of nitrogens with zero attached hydrogens (tertiary/aromatic N) is 1. The molecule has 1 aliphatic carbocycles. The van der Waals surface area contributed by atoms with E-state index in [1.54, 1.807) is 55.5 Å². The molecule has 1 unspecified atom stereocenters. The zero-order valence-corrected chi connectivity index (χ0v) is 17.1. The summed E-state index contributed by atoms with van der Waals surface area (Å²) in [6, 6.07) is 13.5. The second kappa shape index (κ2) is 8.22. The van der Waals surface area contributed by atoms with Gasteiger partial charge in [0.2, 0.25) is 0 Å². The predicted molar refractivity (Wildman–Crippen MR) is 112 cm³/mol. The van der Waals surface area contributed by atoms with Crippen LogP contribution in [0.3, 0.4) is 0 Å². The lowest BCUT2D eigenvalue weighted by Gasteiger charge is -2.30. The zero-order valence-electron chi connectivity index (χ0n) is 17.1. The van der Waals surface area contributed by atoms with Crippen LogP contribution in [-0.2, 0) is 9.59 Å². The number of aliphatic hydroxyl groups is 1. The van der Waals surface area contributed by atoms with Gasteiger partial charge in [-0.15, -0.1) is 0 Å². The first-order valence-electron chi connectivity index (χ1n) is 10.1. The molecule has 1 amide bonds. The first-order chi connectivity index (χ1) is 14.5. The Morgan fingerprint density at radius 3 is 1.97 bits per heavy atom. The van der Waals surface area contributed by atoms with Gasteiger partial charge in [0.25, 0.3) is 11.7 Å². The molecule has 2 aromatic rings. The molecule has 2 aromatic carbocycles. The minimum atomic E-state index is -0.643. The summed E-state index contributed by atoms with van der Waals surface area (Å²) in [5.41, 5.74) is 1.37. The van der Waals surface area contributed by atoms with Gasteiger partial charge in [-0.05, 0) is 54.8 Å². The molecule has 0 aromatic heterocycles. The highest BCUT2D eigenvalue weighted by molar-refractivity contribution is 6.46. The predicted octanol–water partition coefficient (Wildman–Crippen LogP) is 4.07. The highest BCUT2D eigenvalue weighted by Gasteiger charge is 2.49. The summed E-state index contributed by atoms with van der Waals surface area (Å²) in [7, 11) is 3.15. The molecule has 1 heterocycles. The Balaban J connectivity index is 1.84. The van der Waals surface area contributed by atoms with Gasteiger partial charge >= 0.3 is 0 Å². The third kappa shape index (κ3) is 3.43. The number of ketones is 1. The van der Waals surface area contributed by atoms with E-state index in [0.29, 0.717) is 17.1 Å². The van der Waals surface area contributed by atoms with Crippen LogP contribution in [0, 0.1) is 0 Å². The molecule has 2 fully saturated rings. The summed E-state index contributed by atoms with van der Waals surface area (Å²) < 4.78 is 10.4. The molecule has 156 valence electrons. The molecule has 1 saturated heterocycles. The van der Waals surface area contributed by atoms with Gasteiger partial charge in [0, 0.05) is 11.6 Å². The zero-order chi connectivity index (χ0) is 21.3. The van der Waals surface area contributed by atoms with Crippen LogP contribution in [0.1, 0.15) is 42.9 Å². The van der Waals surface area contributed by atoms with E-state index >= 15 is 0 Å². The van der Waals surface area contributed by atoms with Crippen LogP contribution in [0.5, 0.6) is 11.5 Å². The van der Waals surface area contributed by atoms with Crippen molar-refractivity contribution < 1.29 is 24.2 Å². The quantitative estimate of drug-likeness (QED) is 0.459.